The summed E-state index contributed by atoms with van der Waals surface area (Å²) in [6.45, 7) is -0.0316. The van der Waals surface area contributed by atoms with Crippen LogP contribution in [0, 0.1) is 0 Å². The number of methoxy groups -OCH3 is 1. The van der Waals surface area contributed by atoms with E-state index in [2.05, 4.69) is 0 Å². The first-order valence-electron chi connectivity index (χ1n) is 5.93. The molecule has 1 aliphatic rings. The highest BCUT2D eigenvalue weighted by atomic mass is 16.5. The molecule has 0 spiro atoms. The number of amides is 2. The number of ether oxygens (including phenoxy) is 2. The molecule has 1 aromatic rings. The Bertz CT molecular complexity index is 473. The van der Waals surface area contributed by atoms with Crippen LogP contribution in [0.1, 0.15) is 11.6 Å². The van der Waals surface area contributed by atoms with Gasteiger partial charge < -0.3 is 15.2 Å². The molecule has 0 radical (unpaired) electrons. The summed E-state index contributed by atoms with van der Waals surface area (Å²) in [5.74, 6) is -0.0775. The van der Waals surface area contributed by atoms with Crippen LogP contribution in [0.25, 0.3) is 0 Å². The van der Waals surface area contributed by atoms with Gasteiger partial charge in [-0.3, -0.25) is 14.5 Å². The summed E-state index contributed by atoms with van der Waals surface area (Å²) < 4.78 is 10.1. The molecule has 1 unspecified atom stereocenters. The normalized spacial score (nSPS) is 17.5. The summed E-state index contributed by atoms with van der Waals surface area (Å²) in [6.07, 6.45) is 0. The third kappa shape index (κ3) is 2.91. The van der Waals surface area contributed by atoms with Gasteiger partial charge in [-0.05, 0) is 6.07 Å². The minimum absolute atomic E-state index is 0.0790. The monoisotopic (exact) mass is 264 g/mol. The lowest BCUT2D eigenvalue weighted by molar-refractivity contribution is -0.158. The summed E-state index contributed by atoms with van der Waals surface area (Å²) in [7, 11) is 1.55. The smallest absolute Gasteiger partial charge is 0.255 e. The fraction of sp³-hybridized carbons (Fsp3) is 0.385. The van der Waals surface area contributed by atoms with Crippen molar-refractivity contribution in [3.8, 4) is 5.75 Å². The first-order chi connectivity index (χ1) is 9.13. The number of carbonyl (C=O) groups is 2. The molecule has 1 aliphatic heterocycles. The highest BCUT2D eigenvalue weighted by molar-refractivity contribution is 5.98. The van der Waals surface area contributed by atoms with Crippen molar-refractivity contribution in [3.63, 3.8) is 0 Å². The number of morpholine rings is 1. The second-order valence-corrected chi connectivity index (χ2v) is 4.24. The van der Waals surface area contributed by atoms with Crippen molar-refractivity contribution in [1.82, 2.24) is 4.90 Å². The number of rotatable bonds is 4. The lowest BCUT2D eigenvalue weighted by atomic mass is 10.1. The predicted molar refractivity (Wildman–Crippen MR) is 67.5 cm³/mol. The molecule has 19 heavy (non-hydrogen) atoms. The molecule has 2 amide bonds. The van der Waals surface area contributed by atoms with Gasteiger partial charge >= 0.3 is 0 Å². The van der Waals surface area contributed by atoms with E-state index in [-0.39, 0.29) is 31.6 Å². The number of imide groups is 1. The molecule has 1 aromatic carbocycles. The third-order valence-corrected chi connectivity index (χ3v) is 2.97. The highest BCUT2D eigenvalue weighted by Crippen LogP contribution is 2.24. The minimum atomic E-state index is -0.484. The molecule has 102 valence electrons. The molecule has 2 N–H and O–H groups in total. The van der Waals surface area contributed by atoms with E-state index in [4.69, 9.17) is 15.2 Å². The van der Waals surface area contributed by atoms with Crippen LogP contribution < -0.4 is 10.5 Å². The molecular formula is C13H16N2O4. The molecule has 1 heterocycles. The Morgan fingerprint density at radius 3 is 2.58 bits per heavy atom. The van der Waals surface area contributed by atoms with Gasteiger partial charge in [-0.25, -0.2) is 0 Å². The maximum atomic E-state index is 11.6. The van der Waals surface area contributed by atoms with Crippen molar-refractivity contribution in [3.05, 3.63) is 29.8 Å². The summed E-state index contributed by atoms with van der Waals surface area (Å²) in [5.41, 5.74) is 6.82. The van der Waals surface area contributed by atoms with Gasteiger partial charge in [0.25, 0.3) is 11.8 Å². The number of hydrogen-bond acceptors (Lipinski definition) is 5. The predicted octanol–water partition coefficient (Wildman–Crippen LogP) is 0.0804. The third-order valence-electron chi connectivity index (χ3n) is 2.97. The van der Waals surface area contributed by atoms with Gasteiger partial charge in [0.05, 0.1) is 13.2 Å². The maximum Gasteiger partial charge on any atom is 0.255 e. The molecule has 6 nitrogen and oxygen atoms in total. The van der Waals surface area contributed by atoms with Crippen LogP contribution in [0.3, 0.4) is 0 Å². The largest absolute Gasteiger partial charge is 0.496 e. The molecule has 1 fully saturated rings. The lowest BCUT2D eigenvalue weighted by Crippen LogP contribution is -2.48. The van der Waals surface area contributed by atoms with E-state index < -0.39 is 6.04 Å². The molecule has 1 saturated heterocycles. The van der Waals surface area contributed by atoms with E-state index >= 15 is 0 Å². The van der Waals surface area contributed by atoms with Crippen molar-refractivity contribution >= 4 is 11.8 Å². The number of para-hydroxylation sites is 1. The van der Waals surface area contributed by atoms with E-state index in [0.29, 0.717) is 5.75 Å². The molecule has 6 heteroatoms. The molecule has 0 aromatic heterocycles. The van der Waals surface area contributed by atoms with Crippen molar-refractivity contribution < 1.29 is 19.1 Å². The zero-order chi connectivity index (χ0) is 13.8. The van der Waals surface area contributed by atoms with Gasteiger partial charge in [-0.15, -0.1) is 0 Å². The Balaban J connectivity index is 2.13. The Morgan fingerprint density at radius 1 is 1.32 bits per heavy atom. The Labute approximate surface area is 111 Å². The Hall–Kier alpha value is -1.92. The maximum absolute atomic E-state index is 11.6. The molecule has 1 atom stereocenters. The summed E-state index contributed by atoms with van der Waals surface area (Å²) in [6, 6.07) is 6.79. The number of hydrogen-bond donors (Lipinski definition) is 1. The topological polar surface area (TPSA) is 81.9 Å². The SMILES string of the molecule is COc1ccccc1C(N)CN1C(=O)COCC1=O. The fourth-order valence-electron chi connectivity index (χ4n) is 1.99. The van der Waals surface area contributed by atoms with Crippen LogP contribution in [0.2, 0.25) is 0 Å². The summed E-state index contributed by atoms with van der Waals surface area (Å²) in [5, 5.41) is 0. The van der Waals surface area contributed by atoms with Gasteiger partial charge in [-0.2, -0.15) is 0 Å². The number of benzene rings is 1. The van der Waals surface area contributed by atoms with Gasteiger partial charge in [0.1, 0.15) is 19.0 Å². The van der Waals surface area contributed by atoms with E-state index in [1.807, 2.05) is 18.2 Å². The molecule has 2 rings (SSSR count). The highest BCUT2D eigenvalue weighted by Gasteiger charge is 2.28. The van der Waals surface area contributed by atoms with E-state index in [1.54, 1.807) is 13.2 Å². The lowest BCUT2D eigenvalue weighted by Gasteiger charge is -2.28. The van der Waals surface area contributed by atoms with Crippen molar-refractivity contribution in [2.24, 2.45) is 5.73 Å². The zero-order valence-electron chi connectivity index (χ0n) is 10.7. The molecular weight excluding hydrogens is 248 g/mol. The number of nitrogens with zero attached hydrogens (tertiary/aromatic N) is 1. The van der Waals surface area contributed by atoms with Crippen molar-refractivity contribution in [1.29, 1.82) is 0 Å². The van der Waals surface area contributed by atoms with Gasteiger partial charge in [0.15, 0.2) is 0 Å². The summed E-state index contributed by atoms with van der Waals surface area (Å²) in [4.78, 5) is 24.4. The minimum Gasteiger partial charge on any atom is -0.496 e. The van der Waals surface area contributed by atoms with Crippen molar-refractivity contribution in [2.45, 2.75) is 6.04 Å². The zero-order valence-corrected chi connectivity index (χ0v) is 10.7. The molecule has 0 aliphatic carbocycles. The first kappa shape index (κ1) is 13.5. The molecule has 0 saturated carbocycles. The van der Waals surface area contributed by atoms with E-state index in [0.717, 1.165) is 10.5 Å². The second-order valence-electron chi connectivity index (χ2n) is 4.24. The average molecular weight is 264 g/mol. The van der Waals surface area contributed by atoms with Crippen LogP contribution in [0.4, 0.5) is 0 Å². The van der Waals surface area contributed by atoms with Crippen LogP contribution in [0.5, 0.6) is 5.75 Å². The quantitative estimate of drug-likeness (QED) is 0.779. The number of carbonyl (C=O) groups excluding carboxylic acids is 2. The van der Waals surface area contributed by atoms with Crippen LogP contribution in [-0.4, -0.2) is 43.6 Å². The van der Waals surface area contributed by atoms with Crippen LogP contribution in [-0.2, 0) is 14.3 Å². The Kier molecular flexibility index (Phi) is 4.13. The van der Waals surface area contributed by atoms with Crippen LogP contribution >= 0.6 is 0 Å². The standard InChI is InChI=1S/C13H16N2O4/c1-18-11-5-3-2-4-9(11)10(14)6-15-12(16)7-19-8-13(15)17/h2-5,10H,6-8,14H2,1H3. The second kappa shape index (κ2) is 5.81. The first-order valence-corrected chi connectivity index (χ1v) is 5.93. The van der Waals surface area contributed by atoms with Crippen LogP contribution in [0.15, 0.2) is 24.3 Å². The van der Waals surface area contributed by atoms with Gasteiger partial charge in [0.2, 0.25) is 0 Å². The van der Waals surface area contributed by atoms with E-state index in [9.17, 15) is 9.59 Å². The van der Waals surface area contributed by atoms with Crippen molar-refractivity contribution in [2.75, 3.05) is 26.9 Å². The summed E-state index contributed by atoms with van der Waals surface area (Å²) >= 11 is 0. The number of nitrogens with two attached hydrogens (primary N) is 1. The van der Waals surface area contributed by atoms with E-state index in [1.165, 1.54) is 0 Å². The van der Waals surface area contributed by atoms with Gasteiger partial charge in [0, 0.05) is 12.1 Å². The average Bonchev–Trinajstić information content (AvgIpc) is 2.42. The Morgan fingerprint density at radius 2 is 1.95 bits per heavy atom. The fourth-order valence-corrected chi connectivity index (χ4v) is 1.99. The van der Waals surface area contributed by atoms with Gasteiger partial charge in [-0.1, -0.05) is 18.2 Å². The molecule has 0 bridgehead atoms.